The molecule has 3 N–H and O–H groups in total. The standard InChI is InChI=1S/C11H11NO5S/c13-8-2-1-6(3-9(8)14)10(15)12-5-18-4-7(12)11(16)17/h1-3,7,13-14H,4-5H2,(H,16,17)/t7-/m0/s1. The summed E-state index contributed by atoms with van der Waals surface area (Å²) in [5, 5.41) is 27.5. The van der Waals surface area contributed by atoms with Crippen molar-refractivity contribution in [2.45, 2.75) is 6.04 Å². The van der Waals surface area contributed by atoms with Gasteiger partial charge in [0.05, 0.1) is 5.88 Å². The Morgan fingerprint density at radius 3 is 2.61 bits per heavy atom. The van der Waals surface area contributed by atoms with Gasteiger partial charge in [0.2, 0.25) is 0 Å². The van der Waals surface area contributed by atoms with E-state index >= 15 is 0 Å². The monoisotopic (exact) mass is 269 g/mol. The molecule has 0 radical (unpaired) electrons. The number of rotatable bonds is 2. The number of hydrogen-bond acceptors (Lipinski definition) is 5. The Kier molecular flexibility index (Phi) is 3.33. The summed E-state index contributed by atoms with van der Waals surface area (Å²) in [5.41, 5.74) is 0.152. The Hall–Kier alpha value is -1.89. The molecule has 96 valence electrons. The highest BCUT2D eigenvalue weighted by Gasteiger charge is 2.35. The smallest absolute Gasteiger partial charge is 0.327 e. The maximum absolute atomic E-state index is 12.1. The van der Waals surface area contributed by atoms with Gasteiger partial charge in [0, 0.05) is 11.3 Å². The van der Waals surface area contributed by atoms with E-state index in [1.165, 1.54) is 28.8 Å². The molecule has 1 saturated heterocycles. The summed E-state index contributed by atoms with van der Waals surface area (Å²) in [6, 6.07) is 2.82. The number of thioether (sulfide) groups is 1. The highest BCUT2D eigenvalue weighted by Crippen LogP contribution is 2.28. The van der Waals surface area contributed by atoms with Crippen LogP contribution in [-0.4, -0.2) is 49.8 Å². The van der Waals surface area contributed by atoms with Crippen molar-refractivity contribution in [1.82, 2.24) is 4.90 Å². The molecule has 0 unspecified atom stereocenters. The molecule has 18 heavy (non-hydrogen) atoms. The third-order valence-electron chi connectivity index (χ3n) is 2.65. The van der Waals surface area contributed by atoms with Crippen molar-refractivity contribution in [3.05, 3.63) is 23.8 Å². The van der Waals surface area contributed by atoms with Crippen LogP contribution in [0.5, 0.6) is 11.5 Å². The molecule has 1 atom stereocenters. The third kappa shape index (κ3) is 2.21. The number of carbonyl (C=O) groups excluding carboxylic acids is 1. The predicted octanol–water partition coefficient (Wildman–Crippen LogP) is 0.697. The van der Waals surface area contributed by atoms with Crippen molar-refractivity contribution in [3.8, 4) is 11.5 Å². The van der Waals surface area contributed by atoms with Crippen LogP contribution in [0.1, 0.15) is 10.4 Å². The van der Waals surface area contributed by atoms with Crippen molar-refractivity contribution in [1.29, 1.82) is 0 Å². The summed E-state index contributed by atoms with van der Waals surface area (Å²) in [7, 11) is 0. The number of carboxylic acids is 1. The van der Waals surface area contributed by atoms with Crippen LogP contribution in [0, 0.1) is 0 Å². The SMILES string of the molecule is O=C(O)[C@@H]1CSCN1C(=O)c1ccc(O)c(O)c1. The molecule has 1 amide bonds. The first-order valence-corrected chi connectivity index (χ1v) is 6.29. The van der Waals surface area contributed by atoms with Gasteiger partial charge in [-0.15, -0.1) is 11.8 Å². The van der Waals surface area contributed by atoms with E-state index in [9.17, 15) is 14.7 Å². The number of carbonyl (C=O) groups is 2. The van der Waals surface area contributed by atoms with Gasteiger partial charge in [-0.3, -0.25) is 4.79 Å². The fourth-order valence-electron chi connectivity index (χ4n) is 1.67. The molecule has 7 heteroatoms. The van der Waals surface area contributed by atoms with Gasteiger partial charge in [-0.1, -0.05) is 0 Å². The van der Waals surface area contributed by atoms with Crippen LogP contribution in [0.15, 0.2) is 18.2 Å². The van der Waals surface area contributed by atoms with E-state index < -0.39 is 23.7 Å². The molecule has 0 spiro atoms. The average molecular weight is 269 g/mol. The summed E-state index contributed by atoms with van der Waals surface area (Å²) < 4.78 is 0. The fourth-order valence-corrected chi connectivity index (χ4v) is 2.81. The number of aromatic hydroxyl groups is 2. The Morgan fingerprint density at radius 1 is 1.28 bits per heavy atom. The molecule has 1 aliphatic heterocycles. The molecule has 1 aromatic rings. The second kappa shape index (κ2) is 4.77. The van der Waals surface area contributed by atoms with Crippen molar-refractivity contribution < 1.29 is 24.9 Å². The Bertz CT molecular complexity index is 504. The zero-order valence-electron chi connectivity index (χ0n) is 9.24. The van der Waals surface area contributed by atoms with Gasteiger partial charge in [-0.05, 0) is 18.2 Å². The molecule has 1 heterocycles. The van der Waals surface area contributed by atoms with E-state index in [0.717, 1.165) is 6.07 Å². The van der Waals surface area contributed by atoms with Crippen LogP contribution in [0.3, 0.4) is 0 Å². The second-order valence-corrected chi connectivity index (χ2v) is 4.83. The zero-order chi connectivity index (χ0) is 13.3. The van der Waals surface area contributed by atoms with E-state index in [1.807, 2.05) is 0 Å². The number of amides is 1. The van der Waals surface area contributed by atoms with Crippen LogP contribution in [0.4, 0.5) is 0 Å². The number of benzene rings is 1. The molecule has 0 saturated carbocycles. The van der Waals surface area contributed by atoms with Crippen LogP contribution in [-0.2, 0) is 4.79 Å². The van der Waals surface area contributed by atoms with Gasteiger partial charge in [0.25, 0.3) is 5.91 Å². The molecule has 1 fully saturated rings. The van der Waals surface area contributed by atoms with E-state index in [4.69, 9.17) is 10.2 Å². The Morgan fingerprint density at radius 2 is 2.00 bits per heavy atom. The number of carboxylic acid groups (broad SMARTS) is 1. The summed E-state index contributed by atoms with van der Waals surface area (Å²) in [5.74, 6) is -1.58. The number of phenols is 2. The van der Waals surface area contributed by atoms with Crippen molar-refractivity contribution in [2.24, 2.45) is 0 Å². The molecule has 0 aromatic heterocycles. The minimum Gasteiger partial charge on any atom is -0.504 e. The summed E-state index contributed by atoms with van der Waals surface area (Å²) in [6.45, 7) is 0. The van der Waals surface area contributed by atoms with Crippen LogP contribution in [0.25, 0.3) is 0 Å². The summed E-state index contributed by atoms with van der Waals surface area (Å²) >= 11 is 1.36. The minimum atomic E-state index is -1.05. The Balaban J connectivity index is 2.25. The first-order valence-electron chi connectivity index (χ1n) is 5.14. The van der Waals surface area contributed by atoms with Crippen molar-refractivity contribution in [3.63, 3.8) is 0 Å². The lowest BCUT2D eigenvalue weighted by Crippen LogP contribution is -2.41. The first-order chi connectivity index (χ1) is 8.50. The molecule has 1 aromatic carbocycles. The Labute approximate surface area is 107 Å². The fraction of sp³-hybridized carbons (Fsp3) is 0.273. The molecule has 0 aliphatic carbocycles. The van der Waals surface area contributed by atoms with Crippen LogP contribution >= 0.6 is 11.8 Å². The largest absolute Gasteiger partial charge is 0.504 e. The van der Waals surface area contributed by atoms with Gasteiger partial charge in [0.1, 0.15) is 6.04 Å². The third-order valence-corrected chi connectivity index (χ3v) is 3.66. The number of hydrogen-bond donors (Lipinski definition) is 3. The average Bonchev–Trinajstić information content (AvgIpc) is 2.81. The van der Waals surface area contributed by atoms with Gasteiger partial charge < -0.3 is 20.2 Å². The lowest BCUT2D eigenvalue weighted by Gasteiger charge is -2.20. The van der Waals surface area contributed by atoms with E-state index in [1.54, 1.807) is 0 Å². The molecular weight excluding hydrogens is 258 g/mol. The maximum atomic E-state index is 12.1. The van der Waals surface area contributed by atoms with E-state index in [-0.39, 0.29) is 11.3 Å². The highest BCUT2D eigenvalue weighted by atomic mass is 32.2. The minimum absolute atomic E-state index is 0.152. The van der Waals surface area contributed by atoms with Crippen molar-refractivity contribution >= 4 is 23.6 Å². The van der Waals surface area contributed by atoms with Crippen LogP contribution < -0.4 is 0 Å². The van der Waals surface area contributed by atoms with Gasteiger partial charge in [0.15, 0.2) is 11.5 Å². The molecule has 0 bridgehead atoms. The molecule has 1 aliphatic rings. The number of nitrogens with zero attached hydrogens (tertiary/aromatic N) is 1. The second-order valence-electron chi connectivity index (χ2n) is 3.83. The van der Waals surface area contributed by atoms with Gasteiger partial charge >= 0.3 is 5.97 Å². The highest BCUT2D eigenvalue weighted by molar-refractivity contribution is 7.99. The number of phenolic OH excluding ortho intramolecular Hbond substituents is 2. The van der Waals surface area contributed by atoms with Crippen molar-refractivity contribution in [2.75, 3.05) is 11.6 Å². The van der Waals surface area contributed by atoms with Crippen LogP contribution in [0.2, 0.25) is 0 Å². The van der Waals surface area contributed by atoms with E-state index in [0.29, 0.717) is 11.6 Å². The molecule has 6 nitrogen and oxygen atoms in total. The predicted molar refractivity (Wildman–Crippen MR) is 64.7 cm³/mol. The van der Waals surface area contributed by atoms with Gasteiger partial charge in [-0.2, -0.15) is 0 Å². The summed E-state index contributed by atoms with van der Waals surface area (Å²) in [4.78, 5) is 24.3. The zero-order valence-corrected chi connectivity index (χ0v) is 10.1. The van der Waals surface area contributed by atoms with E-state index in [2.05, 4.69) is 0 Å². The quantitative estimate of drug-likeness (QED) is 0.684. The maximum Gasteiger partial charge on any atom is 0.327 e. The topological polar surface area (TPSA) is 98.1 Å². The molecule has 2 rings (SSSR count). The normalized spacial score (nSPS) is 18.9. The molecular formula is C11H11NO5S. The summed E-state index contributed by atoms with van der Waals surface area (Å²) in [6.07, 6.45) is 0. The first kappa shape index (κ1) is 12.6. The number of aliphatic carboxylic acids is 1. The lowest BCUT2D eigenvalue weighted by atomic mass is 10.1. The van der Waals surface area contributed by atoms with Gasteiger partial charge in [-0.25, -0.2) is 4.79 Å². The lowest BCUT2D eigenvalue weighted by molar-refractivity contribution is -0.140.